The number of alkyl halides is 8. The summed E-state index contributed by atoms with van der Waals surface area (Å²) in [4.78, 5) is 11.7. The molecule has 0 spiro atoms. The molecule has 0 heterocycles. The summed E-state index contributed by atoms with van der Waals surface area (Å²) in [5.74, 6) is -23.0. The van der Waals surface area contributed by atoms with Crippen LogP contribution in [0.4, 0.5) is 39.9 Å². The highest BCUT2D eigenvalue weighted by molar-refractivity contribution is 7.79. The summed E-state index contributed by atoms with van der Waals surface area (Å²) in [7, 11) is -4.49. The van der Waals surface area contributed by atoms with Crippen LogP contribution in [0.2, 0.25) is 0 Å². The van der Waals surface area contributed by atoms with E-state index in [4.69, 9.17) is 0 Å². The van der Waals surface area contributed by atoms with Crippen molar-refractivity contribution in [2.45, 2.75) is 30.0 Å². The fourth-order valence-electron chi connectivity index (χ4n) is 2.86. The third kappa shape index (κ3) is 4.20. The van der Waals surface area contributed by atoms with E-state index in [0.29, 0.717) is 7.11 Å². The summed E-state index contributed by atoms with van der Waals surface area (Å²) < 4.78 is 129. The quantitative estimate of drug-likeness (QED) is 0.426. The number of alkyl carbamates (subject to hydrolysis) is 1. The fourth-order valence-corrected chi connectivity index (χ4v) is 5.89. The van der Waals surface area contributed by atoms with E-state index in [0.717, 1.165) is 24.3 Å². The summed E-state index contributed by atoms with van der Waals surface area (Å²) >= 11 is 0. The number of nitrogens with one attached hydrogen (secondary N) is 1. The highest BCUT2D eigenvalue weighted by Crippen LogP contribution is 2.59. The minimum absolute atomic E-state index is 0.525. The Balaban J connectivity index is 2.87. The van der Waals surface area contributed by atoms with Crippen LogP contribution in [0.25, 0.3) is 0 Å². The number of carbonyl (C=O) groups excluding carboxylic acids is 1. The van der Waals surface area contributed by atoms with Crippen molar-refractivity contribution < 1.29 is 49.2 Å². The van der Waals surface area contributed by atoms with Crippen LogP contribution < -0.4 is 15.9 Å². The lowest BCUT2D eigenvalue weighted by Gasteiger charge is -2.40. The van der Waals surface area contributed by atoms with Crippen molar-refractivity contribution in [2.75, 3.05) is 7.11 Å². The maximum absolute atomic E-state index is 15.1. The molecule has 4 nitrogen and oxygen atoms in total. The lowest BCUT2D eigenvalue weighted by atomic mass is 10.0. The van der Waals surface area contributed by atoms with Gasteiger partial charge in [-0.2, -0.15) is 26.3 Å². The van der Waals surface area contributed by atoms with E-state index in [-0.39, 0.29) is 0 Å². The lowest BCUT2D eigenvalue weighted by molar-refractivity contribution is -0.339. The number of hydrogen-bond acceptors (Lipinski definition) is 3. The van der Waals surface area contributed by atoms with Gasteiger partial charge >= 0.3 is 30.3 Å². The molecule has 0 aliphatic heterocycles. The maximum atomic E-state index is 15.1. The van der Waals surface area contributed by atoms with Gasteiger partial charge in [0.1, 0.15) is 0 Å². The molecule has 1 atom stereocenters. The van der Waals surface area contributed by atoms with Gasteiger partial charge in [-0.25, -0.2) is 13.6 Å². The standard InChI is InChI=1S/C19H16F8NO3P/c1-31-16(29)28-15(18(24,25)19(26,27)17(22,23)14(20)21)32(30,12-8-4-2-5-9-12)13-10-6-3-7-11-13/h2-11,14-15H,1H3,(H,28,29)/t15-/m1/s1. The molecule has 0 saturated carbocycles. The van der Waals surface area contributed by atoms with Gasteiger partial charge in [-0.1, -0.05) is 60.7 Å². The molecule has 0 saturated heterocycles. The smallest absolute Gasteiger partial charge is 0.407 e. The average molecular weight is 489 g/mol. The fraction of sp³-hybridized carbons (Fsp3) is 0.316. The largest absolute Gasteiger partial charge is 0.453 e. The number of halogens is 8. The lowest BCUT2D eigenvalue weighted by Crippen LogP contribution is -2.66. The molecule has 0 aromatic heterocycles. The molecular formula is C19H16F8NO3P. The zero-order valence-corrected chi connectivity index (χ0v) is 17.0. The predicted octanol–water partition coefficient (Wildman–Crippen LogP) is 4.85. The molecule has 0 aliphatic rings. The van der Waals surface area contributed by atoms with Gasteiger partial charge in [0.2, 0.25) is 0 Å². The normalized spacial score (nSPS) is 14.2. The Kier molecular flexibility index (Phi) is 7.28. The van der Waals surface area contributed by atoms with Crippen LogP contribution in [0.1, 0.15) is 0 Å². The third-order valence-corrected chi connectivity index (χ3v) is 7.85. The second-order valence-electron chi connectivity index (χ2n) is 6.49. The van der Waals surface area contributed by atoms with Crippen LogP contribution in [0.5, 0.6) is 0 Å². The number of hydrogen-bond donors (Lipinski definition) is 1. The number of methoxy groups -OCH3 is 1. The molecule has 0 fully saturated rings. The molecule has 176 valence electrons. The zero-order chi connectivity index (χ0) is 24.4. The van der Waals surface area contributed by atoms with E-state index in [1.54, 1.807) is 0 Å². The zero-order valence-electron chi connectivity index (χ0n) is 16.1. The number of ether oxygens (including phenoxy) is 1. The summed E-state index contributed by atoms with van der Waals surface area (Å²) in [5.41, 5.74) is 0. The van der Waals surface area contributed by atoms with Crippen LogP contribution in [0, 0.1) is 0 Å². The summed E-state index contributed by atoms with van der Waals surface area (Å²) in [6.45, 7) is 0. The van der Waals surface area contributed by atoms with E-state index in [2.05, 4.69) is 4.74 Å². The minimum atomic E-state index is -6.72. The molecule has 32 heavy (non-hydrogen) atoms. The van der Waals surface area contributed by atoms with Crippen LogP contribution in [0.15, 0.2) is 60.7 Å². The average Bonchev–Trinajstić information content (AvgIpc) is 2.77. The van der Waals surface area contributed by atoms with Gasteiger partial charge in [-0.3, -0.25) is 0 Å². The summed E-state index contributed by atoms with van der Waals surface area (Å²) in [6.07, 6.45) is -7.01. The molecule has 2 aromatic carbocycles. The Morgan fingerprint density at radius 1 is 0.844 bits per heavy atom. The Labute approximate surface area is 176 Å². The molecule has 0 aliphatic carbocycles. The molecule has 2 rings (SSSR count). The van der Waals surface area contributed by atoms with Gasteiger partial charge in [-0.15, -0.1) is 0 Å². The second kappa shape index (κ2) is 9.09. The predicted molar refractivity (Wildman–Crippen MR) is 99.9 cm³/mol. The van der Waals surface area contributed by atoms with Crippen molar-refractivity contribution in [3.05, 3.63) is 60.7 Å². The SMILES string of the molecule is COC(=O)N[C@@H](C(F)(F)C(F)(F)C(F)(F)C(F)F)P(=O)(c1ccccc1)c1ccccc1. The van der Waals surface area contributed by atoms with Crippen molar-refractivity contribution in [3.8, 4) is 0 Å². The van der Waals surface area contributed by atoms with Gasteiger partial charge in [0.15, 0.2) is 12.9 Å². The molecule has 1 N–H and O–H groups in total. The van der Waals surface area contributed by atoms with Crippen molar-refractivity contribution in [3.63, 3.8) is 0 Å². The number of rotatable bonds is 8. The molecule has 0 radical (unpaired) electrons. The van der Waals surface area contributed by atoms with Crippen LogP contribution in [-0.4, -0.2) is 43.2 Å². The summed E-state index contributed by atoms with van der Waals surface area (Å²) in [6, 6.07) is 11.5. The molecule has 0 bridgehead atoms. The van der Waals surface area contributed by atoms with Crippen LogP contribution >= 0.6 is 7.14 Å². The Bertz CT molecular complexity index is 930. The van der Waals surface area contributed by atoms with Gasteiger partial charge in [-0.05, 0) is 0 Å². The van der Waals surface area contributed by atoms with E-state index >= 15 is 8.78 Å². The van der Waals surface area contributed by atoms with Crippen molar-refractivity contribution in [1.29, 1.82) is 0 Å². The third-order valence-electron chi connectivity index (χ3n) is 4.54. The second-order valence-corrected chi connectivity index (χ2v) is 9.35. The van der Waals surface area contributed by atoms with Gasteiger partial charge in [0.05, 0.1) is 7.11 Å². The molecule has 1 amide bonds. The molecular weight excluding hydrogens is 473 g/mol. The van der Waals surface area contributed by atoms with Crippen molar-refractivity contribution in [1.82, 2.24) is 5.32 Å². The van der Waals surface area contributed by atoms with Gasteiger partial charge in [0.25, 0.3) is 0 Å². The van der Waals surface area contributed by atoms with E-state index in [1.165, 1.54) is 41.7 Å². The van der Waals surface area contributed by atoms with Gasteiger partial charge in [0, 0.05) is 10.6 Å². The summed E-state index contributed by atoms with van der Waals surface area (Å²) in [5, 5.41) is 0.180. The van der Waals surface area contributed by atoms with Crippen molar-refractivity contribution >= 4 is 23.8 Å². The van der Waals surface area contributed by atoms with E-state index in [9.17, 15) is 35.7 Å². The highest BCUT2D eigenvalue weighted by atomic mass is 31.2. The highest BCUT2D eigenvalue weighted by Gasteiger charge is 2.79. The first kappa shape index (κ1) is 25.6. The minimum Gasteiger partial charge on any atom is -0.453 e. The number of benzene rings is 2. The van der Waals surface area contributed by atoms with Crippen LogP contribution in [-0.2, 0) is 9.30 Å². The Hall–Kier alpha value is -2.62. The Morgan fingerprint density at radius 2 is 1.25 bits per heavy atom. The number of carbonyl (C=O) groups is 1. The van der Waals surface area contributed by atoms with E-state index in [1.807, 2.05) is 0 Å². The van der Waals surface area contributed by atoms with Crippen molar-refractivity contribution in [2.24, 2.45) is 0 Å². The Morgan fingerprint density at radius 3 is 1.59 bits per heavy atom. The molecule has 2 aromatic rings. The maximum Gasteiger partial charge on any atom is 0.407 e. The first-order valence-electron chi connectivity index (χ1n) is 8.71. The van der Waals surface area contributed by atoms with Gasteiger partial charge < -0.3 is 14.6 Å². The molecule has 0 unspecified atom stereocenters. The monoisotopic (exact) mass is 489 g/mol. The first-order valence-corrected chi connectivity index (χ1v) is 10.5. The topological polar surface area (TPSA) is 55.4 Å². The van der Waals surface area contributed by atoms with E-state index < -0.39 is 53.8 Å². The number of amides is 1. The van der Waals surface area contributed by atoms with Crippen LogP contribution in [0.3, 0.4) is 0 Å². The first-order chi connectivity index (χ1) is 14.7. The molecule has 13 heteroatoms.